The first-order valence-electron chi connectivity index (χ1n) is 12.0. The largest absolute Gasteiger partial charge is 0.491 e. The van der Waals surface area contributed by atoms with Gasteiger partial charge >= 0.3 is 0 Å². The fourth-order valence-electron chi connectivity index (χ4n) is 5.15. The van der Waals surface area contributed by atoms with Crippen LogP contribution >= 0.6 is 0 Å². The van der Waals surface area contributed by atoms with E-state index in [4.69, 9.17) is 14.5 Å². The predicted octanol–water partition coefficient (Wildman–Crippen LogP) is 4.20. The summed E-state index contributed by atoms with van der Waals surface area (Å²) in [6, 6.07) is 17.1. The highest BCUT2D eigenvalue weighted by atomic mass is 16.5. The van der Waals surface area contributed by atoms with Gasteiger partial charge in [0.2, 0.25) is 0 Å². The van der Waals surface area contributed by atoms with Gasteiger partial charge in [-0.2, -0.15) is 0 Å². The minimum absolute atomic E-state index is 0.333. The molecular formula is C27H33N5O2. The van der Waals surface area contributed by atoms with Gasteiger partial charge in [-0.05, 0) is 75.8 Å². The maximum atomic E-state index is 5.75. The van der Waals surface area contributed by atoms with E-state index >= 15 is 0 Å². The van der Waals surface area contributed by atoms with E-state index in [0.29, 0.717) is 25.2 Å². The molecule has 1 aliphatic heterocycles. The number of imidazole rings is 1. The first-order valence-corrected chi connectivity index (χ1v) is 12.0. The van der Waals surface area contributed by atoms with Crippen molar-refractivity contribution in [3.05, 3.63) is 60.4 Å². The second kappa shape index (κ2) is 10.1. The van der Waals surface area contributed by atoms with Gasteiger partial charge in [0.15, 0.2) is 0 Å². The van der Waals surface area contributed by atoms with E-state index in [9.17, 15) is 0 Å². The summed E-state index contributed by atoms with van der Waals surface area (Å²) >= 11 is 0. The first-order chi connectivity index (χ1) is 16.7. The normalized spacial score (nSPS) is 15.9. The van der Waals surface area contributed by atoms with Crippen LogP contribution in [0.25, 0.3) is 27.8 Å². The predicted molar refractivity (Wildman–Crippen MR) is 136 cm³/mol. The lowest BCUT2D eigenvalue weighted by atomic mass is 9.84. The van der Waals surface area contributed by atoms with Gasteiger partial charge in [-0.3, -0.25) is 4.57 Å². The zero-order valence-corrected chi connectivity index (χ0v) is 20.2. The quantitative estimate of drug-likeness (QED) is 0.399. The van der Waals surface area contributed by atoms with E-state index in [1.165, 1.54) is 23.8 Å². The van der Waals surface area contributed by atoms with Crippen LogP contribution in [0.2, 0.25) is 0 Å². The monoisotopic (exact) mass is 459 g/mol. The van der Waals surface area contributed by atoms with Gasteiger partial charge < -0.3 is 19.7 Å². The molecule has 0 radical (unpaired) electrons. The molecule has 5 rings (SSSR count). The Hall–Kier alpha value is -3.00. The third-order valence-electron chi connectivity index (χ3n) is 6.76. The number of ether oxygens (including phenoxy) is 2. The minimum atomic E-state index is 0.333. The zero-order valence-electron chi connectivity index (χ0n) is 20.2. The molecular weight excluding hydrogens is 426 g/mol. The van der Waals surface area contributed by atoms with Gasteiger partial charge in [0.05, 0.1) is 23.2 Å². The van der Waals surface area contributed by atoms with Crippen molar-refractivity contribution in [1.82, 2.24) is 24.8 Å². The van der Waals surface area contributed by atoms with E-state index in [0.717, 1.165) is 41.2 Å². The Balaban J connectivity index is 1.53. The fourth-order valence-corrected chi connectivity index (χ4v) is 5.15. The van der Waals surface area contributed by atoms with Crippen LogP contribution in [-0.4, -0.2) is 66.9 Å². The molecule has 0 spiro atoms. The van der Waals surface area contributed by atoms with E-state index in [1.807, 2.05) is 24.5 Å². The fraction of sp³-hybridized carbons (Fsp3) is 0.407. The average Bonchev–Trinajstić information content (AvgIpc) is 3.28. The van der Waals surface area contributed by atoms with Gasteiger partial charge in [0.25, 0.3) is 0 Å². The first kappa shape index (κ1) is 22.8. The number of nitrogens with zero attached hydrogens (tertiary/aromatic N) is 4. The number of nitrogens with one attached hydrogen (secondary N) is 1. The van der Waals surface area contributed by atoms with Gasteiger partial charge in [-0.25, -0.2) is 9.97 Å². The molecule has 178 valence electrons. The molecule has 1 fully saturated rings. The molecule has 1 atom stereocenters. The van der Waals surface area contributed by atoms with Crippen LogP contribution in [0.1, 0.15) is 24.4 Å². The molecule has 2 aromatic carbocycles. The summed E-state index contributed by atoms with van der Waals surface area (Å²) in [5.74, 6) is 2.27. The molecule has 2 aromatic heterocycles. The van der Waals surface area contributed by atoms with Crippen LogP contribution in [0.5, 0.6) is 5.75 Å². The SMILES string of the molecule is COCCOc1ccc2c(c1)ncn2-c1ccc2cccc(C(C3CCNCC3)N(C)C)c2n1. The minimum Gasteiger partial charge on any atom is -0.491 e. The van der Waals surface area contributed by atoms with Crippen molar-refractivity contribution in [2.45, 2.75) is 18.9 Å². The highest BCUT2D eigenvalue weighted by Crippen LogP contribution is 2.36. The molecule has 1 saturated heterocycles. The van der Waals surface area contributed by atoms with Crippen LogP contribution in [0, 0.1) is 5.92 Å². The van der Waals surface area contributed by atoms with Crippen LogP contribution in [0.3, 0.4) is 0 Å². The van der Waals surface area contributed by atoms with Crippen LogP contribution in [0.15, 0.2) is 54.9 Å². The highest BCUT2D eigenvalue weighted by molar-refractivity contribution is 5.84. The Morgan fingerprint density at radius 2 is 1.94 bits per heavy atom. The summed E-state index contributed by atoms with van der Waals surface area (Å²) in [5.41, 5.74) is 4.25. The van der Waals surface area contributed by atoms with Crippen molar-refractivity contribution in [3.8, 4) is 11.6 Å². The third kappa shape index (κ3) is 4.51. The summed E-state index contributed by atoms with van der Waals surface area (Å²) in [7, 11) is 6.04. The Labute approximate surface area is 200 Å². The standard InChI is InChI=1S/C27H33N5O2/c1-31(2)27(20-11-13-28-14-12-20)22-6-4-5-19-7-10-25(30-26(19)22)32-18-29-23-17-21(8-9-24(23)32)34-16-15-33-3/h4-10,17-18,20,27-28H,11-16H2,1-3H3. The molecule has 1 aliphatic rings. The Morgan fingerprint density at radius 3 is 2.74 bits per heavy atom. The topological polar surface area (TPSA) is 64.4 Å². The number of aromatic nitrogens is 3. The lowest BCUT2D eigenvalue weighted by molar-refractivity contribution is 0.146. The summed E-state index contributed by atoms with van der Waals surface area (Å²) in [6.45, 7) is 3.23. The smallest absolute Gasteiger partial charge is 0.139 e. The molecule has 7 nitrogen and oxygen atoms in total. The summed E-state index contributed by atoms with van der Waals surface area (Å²) < 4.78 is 12.9. The molecule has 4 aromatic rings. The molecule has 1 N–H and O–H groups in total. The van der Waals surface area contributed by atoms with Crippen molar-refractivity contribution in [3.63, 3.8) is 0 Å². The number of methoxy groups -OCH3 is 1. The number of rotatable bonds is 8. The molecule has 0 amide bonds. The molecule has 34 heavy (non-hydrogen) atoms. The number of para-hydroxylation sites is 1. The van der Waals surface area contributed by atoms with Gasteiger partial charge in [-0.15, -0.1) is 0 Å². The van der Waals surface area contributed by atoms with Crippen LogP contribution in [0.4, 0.5) is 0 Å². The lowest BCUT2D eigenvalue weighted by Gasteiger charge is -2.35. The lowest BCUT2D eigenvalue weighted by Crippen LogP contribution is -2.36. The average molecular weight is 460 g/mol. The zero-order chi connectivity index (χ0) is 23.5. The van der Waals surface area contributed by atoms with E-state index < -0.39 is 0 Å². The number of fused-ring (bicyclic) bond motifs is 2. The summed E-state index contributed by atoms with van der Waals surface area (Å²) in [5, 5.41) is 4.67. The van der Waals surface area contributed by atoms with Crippen molar-refractivity contribution in [1.29, 1.82) is 0 Å². The van der Waals surface area contributed by atoms with Crippen molar-refractivity contribution in [2.24, 2.45) is 5.92 Å². The molecule has 0 aliphatic carbocycles. The number of pyridine rings is 1. The van der Waals surface area contributed by atoms with Gasteiger partial charge in [0, 0.05) is 24.6 Å². The maximum Gasteiger partial charge on any atom is 0.139 e. The van der Waals surface area contributed by atoms with Crippen molar-refractivity contribution in [2.75, 3.05) is 47.5 Å². The number of hydrogen-bond donors (Lipinski definition) is 1. The van der Waals surface area contributed by atoms with E-state index in [2.05, 4.69) is 64.2 Å². The molecule has 1 unspecified atom stereocenters. The van der Waals surface area contributed by atoms with Crippen molar-refractivity contribution < 1.29 is 9.47 Å². The molecule has 3 heterocycles. The molecule has 0 bridgehead atoms. The Morgan fingerprint density at radius 1 is 1.09 bits per heavy atom. The number of piperidine rings is 1. The second-order valence-corrected chi connectivity index (χ2v) is 9.19. The Kier molecular flexibility index (Phi) is 6.76. The van der Waals surface area contributed by atoms with E-state index in [1.54, 1.807) is 7.11 Å². The van der Waals surface area contributed by atoms with Gasteiger partial charge in [-0.1, -0.05) is 18.2 Å². The second-order valence-electron chi connectivity index (χ2n) is 9.19. The van der Waals surface area contributed by atoms with Crippen LogP contribution in [-0.2, 0) is 4.74 Å². The van der Waals surface area contributed by atoms with Crippen LogP contribution < -0.4 is 10.1 Å². The number of hydrogen-bond acceptors (Lipinski definition) is 6. The number of benzene rings is 2. The van der Waals surface area contributed by atoms with E-state index in [-0.39, 0.29) is 0 Å². The maximum absolute atomic E-state index is 5.75. The molecule has 7 heteroatoms. The Bertz CT molecular complexity index is 1260. The van der Waals surface area contributed by atoms with Crippen molar-refractivity contribution >= 4 is 21.9 Å². The highest BCUT2D eigenvalue weighted by Gasteiger charge is 2.28. The summed E-state index contributed by atoms with van der Waals surface area (Å²) in [6.07, 6.45) is 4.20. The van der Waals surface area contributed by atoms with Gasteiger partial charge in [0.1, 0.15) is 24.5 Å². The summed E-state index contributed by atoms with van der Waals surface area (Å²) in [4.78, 5) is 12.2. The molecule has 0 saturated carbocycles. The third-order valence-corrected chi connectivity index (χ3v) is 6.76.